The molecule has 0 bridgehead atoms. The van der Waals surface area contributed by atoms with Crippen molar-refractivity contribution >= 4 is 40.2 Å². The van der Waals surface area contributed by atoms with E-state index in [0.717, 1.165) is 9.13 Å². The molecule has 2 heterocycles. The molecule has 8 atom stereocenters. The highest BCUT2D eigenvalue weighted by Crippen LogP contribution is 2.46. The van der Waals surface area contributed by atoms with Gasteiger partial charge in [0.15, 0.2) is 6.10 Å². The molecule has 3 aromatic rings. The van der Waals surface area contributed by atoms with Gasteiger partial charge < -0.3 is 39.9 Å². The van der Waals surface area contributed by atoms with Crippen LogP contribution in [-0.2, 0) is 14.3 Å². The van der Waals surface area contributed by atoms with Crippen LogP contribution in [0.25, 0.3) is 0 Å². The largest absolute Gasteiger partial charge is 0.479 e. The van der Waals surface area contributed by atoms with Crippen molar-refractivity contribution in [1.82, 2.24) is 0 Å². The van der Waals surface area contributed by atoms with E-state index in [1.165, 1.54) is 24.3 Å². The van der Waals surface area contributed by atoms with E-state index in [0.29, 0.717) is 17.7 Å². The van der Waals surface area contributed by atoms with Crippen molar-refractivity contribution in [3.05, 3.63) is 93.3 Å². The van der Waals surface area contributed by atoms with Gasteiger partial charge in [0.2, 0.25) is 12.2 Å². The Morgan fingerprint density at radius 1 is 0.952 bits per heavy atom. The first kappa shape index (κ1) is 30.3. The second kappa shape index (κ2) is 12.6. The molecular weight excluding hydrogens is 664 g/mol. The number of nitrogens with zero attached hydrogens (tertiary/aromatic N) is 1. The van der Waals surface area contributed by atoms with Crippen LogP contribution in [0.3, 0.4) is 0 Å². The topological polar surface area (TPSA) is 157 Å². The summed E-state index contributed by atoms with van der Waals surface area (Å²) in [4.78, 5) is 26.4. The van der Waals surface area contributed by atoms with Crippen LogP contribution in [0.4, 0.5) is 10.1 Å². The number of hydrogen-bond donors (Lipinski definition) is 5. The van der Waals surface area contributed by atoms with Gasteiger partial charge in [-0.1, -0.05) is 24.3 Å². The normalized spacial score (nSPS) is 28.2. The maximum atomic E-state index is 13.4. The molecule has 10 nitrogen and oxygen atoms in total. The predicted molar refractivity (Wildman–Crippen MR) is 155 cm³/mol. The molecule has 0 aromatic heterocycles. The zero-order valence-corrected chi connectivity index (χ0v) is 24.2. The molecule has 0 radical (unpaired) electrons. The maximum Gasteiger partial charge on any atom is 0.335 e. The Morgan fingerprint density at radius 3 is 2.21 bits per heavy atom. The van der Waals surface area contributed by atoms with Crippen molar-refractivity contribution in [1.29, 1.82) is 0 Å². The van der Waals surface area contributed by atoms with Gasteiger partial charge in [0.25, 0.3) is 0 Å². The van der Waals surface area contributed by atoms with Crippen LogP contribution in [0.2, 0.25) is 0 Å². The number of aliphatic carboxylic acids is 1. The monoisotopic (exact) mass is 693 g/mol. The van der Waals surface area contributed by atoms with Crippen LogP contribution in [0, 0.1) is 15.3 Å². The van der Waals surface area contributed by atoms with Gasteiger partial charge in [-0.25, -0.2) is 9.18 Å². The summed E-state index contributed by atoms with van der Waals surface area (Å²) in [5.74, 6) is -2.26. The van der Waals surface area contributed by atoms with Gasteiger partial charge in [-0.3, -0.25) is 4.79 Å². The maximum absolute atomic E-state index is 13.4. The Bertz CT molecular complexity index is 1410. The number of carboxylic acid groups (broad SMARTS) is 1. The SMILES string of the molecule is O=C(O)[C@H]1O[C@@H](Oc2ccc([C@@H]3[C@@H](CC[C@H](O)c4ccc(F)cc4)C(=O)N3c3ccc(I)cc3)cc2)[C@H](O)[C@@H](O)[C@@H]1O. The molecule has 3 aromatic carbocycles. The van der Waals surface area contributed by atoms with Crippen LogP contribution in [0.15, 0.2) is 72.8 Å². The van der Waals surface area contributed by atoms with Gasteiger partial charge in [0, 0.05) is 9.26 Å². The minimum Gasteiger partial charge on any atom is -0.479 e. The van der Waals surface area contributed by atoms with Crippen molar-refractivity contribution in [3.63, 3.8) is 0 Å². The number of β-lactam (4-membered cyclic amide) rings is 1. The van der Waals surface area contributed by atoms with E-state index in [-0.39, 0.29) is 24.1 Å². The smallest absolute Gasteiger partial charge is 0.335 e. The minimum atomic E-state index is -1.83. The van der Waals surface area contributed by atoms with E-state index in [1.807, 2.05) is 24.3 Å². The Labute approximate surface area is 254 Å². The molecule has 2 aliphatic rings. The van der Waals surface area contributed by atoms with Crippen molar-refractivity contribution in [2.24, 2.45) is 5.92 Å². The highest BCUT2D eigenvalue weighted by atomic mass is 127. The lowest BCUT2D eigenvalue weighted by atomic mass is 9.78. The van der Waals surface area contributed by atoms with E-state index >= 15 is 0 Å². The molecule has 222 valence electrons. The summed E-state index contributed by atoms with van der Waals surface area (Å²) in [7, 11) is 0. The van der Waals surface area contributed by atoms with Gasteiger partial charge in [0.1, 0.15) is 29.9 Å². The van der Waals surface area contributed by atoms with Crippen molar-refractivity contribution in [2.75, 3.05) is 4.90 Å². The summed E-state index contributed by atoms with van der Waals surface area (Å²) in [5.41, 5.74) is 2.04. The van der Waals surface area contributed by atoms with E-state index in [9.17, 15) is 39.5 Å². The first-order valence-electron chi connectivity index (χ1n) is 13.3. The number of ether oxygens (including phenoxy) is 2. The Kier molecular flexibility index (Phi) is 9.11. The number of aliphatic hydroxyl groups excluding tert-OH is 4. The van der Waals surface area contributed by atoms with E-state index in [1.54, 1.807) is 29.2 Å². The van der Waals surface area contributed by atoms with Crippen LogP contribution >= 0.6 is 22.6 Å². The van der Waals surface area contributed by atoms with Crippen LogP contribution < -0.4 is 9.64 Å². The molecule has 0 aliphatic carbocycles. The lowest BCUT2D eigenvalue weighted by Crippen LogP contribution is -2.61. The average Bonchev–Trinajstić information content (AvgIpc) is 2.97. The number of benzene rings is 3. The van der Waals surface area contributed by atoms with Crippen LogP contribution in [-0.4, -0.2) is 68.1 Å². The average molecular weight is 693 g/mol. The molecule has 2 fully saturated rings. The molecule has 42 heavy (non-hydrogen) atoms. The fourth-order valence-corrected chi connectivity index (χ4v) is 5.68. The third-order valence-electron chi connectivity index (χ3n) is 7.61. The van der Waals surface area contributed by atoms with E-state index in [2.05, 4.69) is 22.6 Å². The van der Waals surface area contributed by atoms with Gasteiger partial charge in [-0.2, -0.15) is 0 Å². The second-order valence-corrected chi connectivity index (χ2v) is 11.5. The van der Waals surface area contributed by atoms with Crippen LogP contribution in [0.5, 0.6) is 5.75 Å². The second-order valence-electron chi connectivity index (χ2n) is 10.3. The summed E-state index contributed by atoms with van der Waals surface area (Å²) >= 11 is 2.18. The lowest BCUT2D eigenvalue weighted by Gasteiger charge is -2.48. The first-order chi connectivity index (χ1) is 20.0. The number of amides is 1. The fourth-order valence-electron chi connectivity index (χ4n) is 5.32. The zero-order valence-electron chi connectivity index (χ0n) is 22.0. The van der Waals surface area contributed by atoms with Crippen molar-refractivity contribution < 1.29 is 49.0 Å². The quantitative estimate of drug-likeness (QED) is 0.168. The third-order valence-corrected chi connectivity index (χ3v) is 8.33. The van der Waals surface area contributed by atoms with E-state index < -0.39 is 54.5 Å². The van der Waals surface area contributed by atoms with Crippen molar-refractivity contribution in [3.8, 4) is 5.75 Å². The number of aliphatic hydroxyl groups is 4. The standard InChI is InChI=1S/C30H29FINO9/c31-17-5-1-15(2-6-17)22(34)14-13-21-23(33(28(21)38)19-9-7-18(32)8-10-19)16-3-11-20(12-4-16)41-30-26(37)24(35)25(36)27(42-30)29(39)40/h1-12,21-27,30,34-37H,13-14H2,(H,39,40)/t21-,22+,23-,24+,25+,26-,27+,30-/m1/s1. The predicted octanol–water partition coefficient (Wildman–Crippen LogP) is 2.92. The summed E-state index contributed by atoms with van der Waals surface area (Å²) in [6, 6.07) is 19.3. The summed E-state index contributed by atoms with van der Waals surface area (Å²) < 4.78 is 25.1. The number of carbonyl (C=O) groups excluding carboxylic acids is 1. The molecular formula is C30H29FINO9. The Balaban J connectivity index is 1.34. The molecule has 2 aliphatic heterocycles. The number of halogens is 2. The molecule has 1 amide bonds. The van der Waals surface area contributed by atoms with Crippen molar-refractivity contribution in [2.45, 2.75) is 55.7 Å². The highest BCUT2D eigenvalue weighted by Gasteiger charge is 2.49. The van der Waals surface area contributed by atoms with Gasteiger partial charge >= 0.3 is 5.97 Å². The molecule has 0 spiro atoms. The first-order valence-corrected chi connectivity index (χ1v) is 14.3. The third kappa shape index (κ3) is 6.14. The number of hydrogen-bond acceptors (Lipinski definition) is 8. The fraction of sp³-hybridized carbons (Fsp3) is 0.333. The zero-order chi connectivity index (χ0) is 30.1. The Morgan fingerprint density at radius 2 is 1.60 bits per heavy atom. The highest BCUT2D eigenvalue weighted by molar-refractivity contribution is 14.1. The summed E-state index contributed by atoms with van der Waals surface area (Å²) in [6.45, 7) is 0. The number of anilines is 1. The molecule has 5 N–H and O–H groups in total. The molecule has 12 heteroatoms. The molecule has 2 saturated heterocycles. The lowest BCUT2D eigenvalue weighted by molar-refractivity contribution is -0.271. The molecule has 0 saturated carbocycles. The summed E-state index contributed by atoms with van der Waals surface area (Å²) in [5, 5.41) is 50.2. The number of carbonyl (C=O) groups is 2. The van der Waals surface area contributed by atoms with Gasteiger partial charge in [-0.15, -0.1) is 0 Å². The number of rotatable bonds is 9. The molecule has 5 rings (SSSR count). The minimum absolute atomic E-state index is 0.0983. The Hall–Kier alpha value is -3.14. The molecule has 0 unspecified atom stereocenters. The van der Waals surface area contributed by atoms with E-state index in [4.69, 9.17) is 9.47 Å². The van der Waals surface area contributed by atoms with Crippen LogP contribution in [0.1, 0.15) is 36.1 Å². The summed E-state index contributed by atoms with van der Waals surface area (Å²) in [6.07, 6.45) is -8.87. The van der Waals surface area contributed by atoms with Gasteiger partial charge in [-0.05, 0) is 95.1 Å². The van der Waals surface area contributed by atoms with Gasteiger partial charge in [0.05, 0.1) is 18.1 Å². The number of carboxylic acids is 1.